The van der Waals surface area contributed by atoms with E-state index in [9.17, 15) is 13.2 Å². The Kier molecular flexibility index (Phi) is 4.42. The molecule has 0 aliphatic heterocycles. The highest BCUT2D eigenvalue weighted by molar-refractivity contribution is 7.91. The average Bonchev–Trinajstić information content (AvgIpc) is 3.36. The van der Waals surface area contributed by atoms with E-state index in [1.54, 1.807) is 41.8 Å². The van der Waals surface area contributed by atoms with Crippen LogP contribution in [0.2, 0.25) is 0 Å². The van der Waals surface area contributed by atoms with Gasteiger partial charge in [-0.05, 0) is 36.5 Å². The van der Waals surface area contributed by atoms with Crippen LogP contribution in [0.5, 0.6) is 0 Å². The molecule has 0 radical (unpaired) electrons. The van der Waals surface area contributed by atoms with Gasteiger partial charge in [-0.25, -0.2) is 13.4 Å². The molecule has 10 heteroatoms. The van der Waals surface area contributed by atoms with E-state index in [0.717, 1.165) is 0 Å². The first-order valence-electron chi connectivity index (χ1n) is 10.4. The Bertz CT molecular complexity index is 1480. The number of sulfone groups is 1. The Morgan fingerprint density at radius 2 is 1.97 bits per heavy atom. The molecule has 3 aromatic heterocycles. The number of carbonyl (C=O) groups is 1. The summed E-state index contributed by atoms with van der Waals surface area (Å²) in [5.41, 5.74) is 1.73. The van der Waals surface area contributed by atoms with Crippen LogP contribution in [0.25, 0.3) is 16.8 Å². The van der Waals surface area contributed by atoms with Crippen molar-refractivity contribution in [1.29, 1.82) is 0 Å². The number of aryl methyl sites for hydroxylation is 1. The van der Waals surface area contributed by atoms with Crippen LogP contribution in [-0.4, -0.2) is 44.9 Å². The van der Waals surface area contributed by atoms with Crippen molar-refractivity contribution in [3.05, 3.63) is 47.9 Å². The van der Waals surface area contributed by atoms with Gasteiger partial charge in [-0.3, -0.25) is 9.20 Å². The molecule has 0 saturated heterocycles. The lowest BCUT2D eigenvalue weighted by Crippen LogP contribution is -2.57. The molecule has 1 fully saturated rings. The van der Waals surface area contributed by atoms with E-state index >= 15 is 0 Å². The summed E-state index contributed by atoms with van der Waals surface area (Å²) in [6, 6.07) is 8.67. The van der Waals surface area contributed by atoms with E-state index in [2.05, 4.69) is 39.3 Å². The van der Waals surface area contributed by atoms with Gasteiger partial charge in [0.2, 0.25) is 20.8 Å². The highest BCUT2D eigenvalue weighted by atomic mass is 32.2. The molecule has 2 atom stereocenters. The number of H-pyrrole nitrogens is 1. The molecule has 9 nitrogen and oxygen atoms in total. The molecule has 0 unspecified atom stereocenters. The van der Waals surface area contributed by atoms with Crippen LogP contribution >= 0.6 is 0 Å². The van der Waals surface area contributed by atoms with Gasteiger partial charge in [-0.1, -0.05) is 32.0 Å². The lowest BCUT2D eigenvalue weighted by Gasteiger charge is -2.51. The van der Waals surface area contributed by atoms with Crippen molar-refractivity contribution < 1.29 is 13.2 Å². The molecule has 2 N–H and O–H groups in total. The topological polar surface area (TPSA) is 122 Å². The van der Waals surface area contributed by atoms with Crippen LogP contribution in [0.4, 0.5) is 0 Å². The summed E-state index contributed by atoms with van der Waals surface area (Å²) in [5.74, 6) is 0.583. The Morgan fingerprint density at radius 3 is 2.66 bits per heavy atom. The monoisotopic (exact) mass is 452 g/mol. The van der Waals surface area contributed by atoms with Gasteiger partial charge in [-0.15, -0.1) is 10.2 Å². The highest BCUT2D eigenvalue weighted by Crippen LogP contribution is 2.52. The predicted molar refractivity (Wildman–Crippen MR) is 118 cm³/mol. The summed E-state index contributed by atoms with van der Waals surface area (Å²) >= 11 is 0. The van der Waals surface area contributed by atoms with Crippen LogP contribution in [0.15, 0.2) is 46.5 Å². The normalized spacial score (nSPS) is 20.4. The zero-order chi connectivity index (χ0) is 22.8. The quantitative estimate of drug-likeness (QED) is 0.491. The maximum atomic E-state index is 13.6. The number of aromatic amines is 1. The molecule has 5 rings (SSSR count). The maximum absolute atomic E-state index is 13.6. The maximum Gasteiger partial charge on any atom is 0.228 e. The molecule has 1 saturated carbocycles. The van der Waals surface area contributed by atoms with Crippen molar-refractivity contribution in [2.45, 2.75) is 56.0 Å². The first kappa shape index (κ1) is 20.6. The van der Waals surface area contributed by atoms with E-state index in [-0.39, 0.29) is 38.9 Å². The number of carbonyl (C=O) groups excluding carboxylic acids is 1. The van der Waals surface area contributed by atoms with E-state index in [1.165, 1.54) is 6.92 Å². The second-order valence-electron chi connectivity index (χ2n) is 8.98. The smallest absolute Gasteiger partial charge is 0.228 e. The zero-order valence-corrected chi connectivity index (χ0v) is 19.1. The van der Waals surface area contributed by atoms with Gasteiger partial charge in [0.15, 0.2) is 11.3 Å². The molecule has 4 aromatic rings. The third-order valence-corrected chi connectivity index (χ3v) is 8.45. The summed E-state index contributed by atoms with van der Waals surface area (Å²) in [4.78, 5) is 19.2. The van der Waals surface area contributed by atoms with Crippen molar-refractivity contribution in [3.63, 3.8) is 0 Å². The number of aromatic nitrogens is 5. The van der Waals surface area contributed by atoms with Crippen LogP contribution in [0, 0.1) is 12.3 Å². The van der Waals surface area contributed by atoms with Crippen LogP contribution in [-0.2, 0) is 14.6 Å². The van der Waals surface area contributed by atoms with Gasteiger partial charge in [0.25, 0.3) is 0 Å². The average molecular weight is 453 g/mol. The molecule has 1 amide bonds. The number of fused-ring (bicyclic) bond motifs is 3. The summed E-state index contributed by atoms with van der Waals surface area (Å²) in [6.45, 7) is 7.41. The second kappa shape index (κ2) is 6.86. The van der Waals surface area contributed by atoms with Crippen LogP contribution in [0.1, 0.15) is 44.5 Å². The molecular formula is C22H24N6O3S. The minimum absolute atomic E-state index is 0.0103. The van der Waals surface area contributed by atoms with Crippen LogP contribution < -0.4 is 5.32 Å². The Balaban J connectivity index is 1.71. The van der Waals surface area contributed by atoms with Crippen molar-refractivity contribution in [3.8, 4) is 0 Å². The third kappa shape index (κ3) is 2.85. The Hall–Kier alpha value is -3.27. The summed E-state index contributed by atoms with van der Waals surface area (Å²) in [7, 11) is -3.93. The van der Waals surface area contributed by atoms with Gasteiger partial charge in [0, 0.05) is 25.1 Å². The van der Waals surface area contributed by atoms with Crippen molar-refractivity contribution in [2.75, 3.05) is 0 Å². The zero-order valence-electron chi connectivity index (χ0n) is 18.2. The molecule has 0 spiro atoms. The number of hydrogen-bond acceptors (Lipinski definition) is 6. The number of hydrogen-bond donors (Lipinski definition) is 2. The van der Waals surface area contributed by atoms with Gasteiger partial charge < -0.3 is 10.3 Å². The fourth-order valence-corrected chi connectivity index (χ4v) is 6.21. The molecule has 32 heavy (non-hydrogen) atoms. The van der Waals surface area contributed by atoms with Crippen LogP contribution in [0.3, 0.4) is 0 Å². The third-order valence-electron chi connectivity index (χ3n) is 6.63. The van der Waals surface area contributed by atoms with Crippen molar-refractivity contribution in [1.82, 2.24) is 29.9 Å². The van der Waals surface area contributed by atoms with E-state index in [1.807, 2.05) is 6.07 Å². The first-order chi connectivity index (χ1) is 15.1. The molecule has 1 aromatic carbocycles. The highest BCUT2D eigenvalue weighted by Gasteiger charge is 2.51. The molecule has 166 valence electrons. The van der Waals surface area contributed by atoms with E-state index in [4.69, 9.17) is 0 Å². The number of rotatable bonds is 4. The standard InChI is InChI=1S/C22H24N6O3S/c1-12-7-5-6-8-16(12)32(30,31)21-20-27-26-19(28(20)15-9-10-23-18(15)25-21)14-11-17(22(14,3)4)24-13(2)29/h5-10,14,17,23H,11H2,1-4H3,(H,24,29)/t14-,17-/m1/s1. The number of nitrogens with zero attached hydrogens (tertiary/aromatic N) is 4. The van der Waals surface area contributed by atoms with Crippen molar-refractivity contribution in [2.24, 2.45) is 5.41 Å². The second-order valence-corrected chi connectivity index (χ2v) is 10.8. The summed E-state index contributed by atoms with van der Waals surface area (Å²) < 4.78 is 29.0. The lowest BCUT2D eigenvalue weighted by molar-refractivity contribution is -0.122. The molecule has 0 bridgehead atoms. The Labute approximate surface area is 185 Å². The first-order valence-corrected chi connectivity index (χ1v) is 11.9. The lowest BCUT2D eigenvalue weighted by atomic mass is 9.58. The minimum atomic E-state index is -3.93. The Morgan fingerprint density at radius 1 is 1.22 bits per heavy atom. The largest absolute Gasteiger partial charge is 0.353 e. The molecule has 3 heterocycles. The fourth-order valence-electron chi connectivity index (χ4n) is 4.67. The number of benzene rings is 1. The van der Waals surface area contributed by atoms with E-state index in [0.29, 0.717) is 29.0 Å². The molecular weight excluding hydrogens is 428 g/mol. The van der Waals surface area contributed by atoms with Crippen molar-refractivity contribution >= 4 is 32.6 Å². The number of nitrogens with one attached hydrogen (secondary N) is 2. The van der Waals surface area contributed by atoms with Gasteiger partial charge in [0.05, 0.1) is 10.4 Å². The number of amides is 1. The van der Waals surface area contributed by atoms with Gasteiger partial charge in [-0.2, -0.15) is 0 Å². The van der Waals surface area contributed by atoms with E-state index < -0.39 is 9.84 Å². The summed E-state index contributed by atoms with van der Waals surface area (Å²) in [5, 5.41) is 11.6. The summed E-state index contributed by atoms with van der Waals surface area (Å²) in [6.07, 6.45) is 2.42. The molecule has 1 aliphatic rings. The predicted octanol–water partition coefficient (Wildman–Crippen LogP) is 2.77. The van der Waals surface area contributed by atoms with Gasteiger partial charge in [0.1, 0.15) is 5.82 Å². The SMILES string of the molecule is CC(=O)N[C@@H]1C[C@H](c2nnc3c(S(=O)(=O)c4ccccc4C)nc4[nH]ccc4n23)C1(C)C. The molecule has 1 aliphatic carbocycles. The fraction of sp³-hybridized carbons (Fsp3) is 0.364. The minimum Gasteiger partial charge on any atom is -0.353 e. The van der Waals surface area contributed by atoms with Gasteiger partial charge >= 0.3 is 0 Å².